The maximum atomic E-state index is 13.8. The monoisotopic (exact) mass is 511 g/mol. The van der Waals surface area contributed by atoms with Gasteiger partial charge in [-0.1, -0.05) is 79.5 Å². The number of ether oxygens (including phenoxy) is 2. The molecule has 35 heavy (non-hydrogen) atoms. The van der Waals surface area contributed by atoms with Gasteiger partial charge in [-0.2, -0.15) is 0 Å². The largest absolute Gasteiger partial charge is 0.465 e. The van der Waals surface area contributed by atoms with Crippen LogP contribution in [-0.2, 0) is 26.5 Å². The molecule has 1 unspecified atom stereocenters. The summed E-state index contributed by atoms with van der Waals surface area (Å²) in [5.41, 5.74) is 1.32. The molecular formula is C28H27Cl2NO4. The van der Waals surface area contributed by atoms with E-state index >= 15 is 0 Å². The van der Waals surface area contributed by atoms with Crippen molar-refractivity contribution >= 4 is 35.1 Å². The fraction of sp³-hybridized carbons (Fsp3) is 0.286. The molecule has 0 saturated heterocycles. The number of nitrogens with zero attached hydrogens (tertiary/aromatic N) is 1. The van der Waals surface area contributed by atoms with Gasteiger partial charge in [-0.3, -0.25) is 14.5 Å². The normalized spacial score (nSPS) is 17.4. The summed E-state index contributed by atoms with van der Waals surface area (Å²) in [6.07, 6.45) is 0. The van der Waals surface area contributed by atoms with Crippen LogP contribution in [0.25, 0.3) is 0 Å². The highest BCUT2D eigenvalue weighted by atomic mass is 35.5. The predicted octanol–water partition coefficient (Wildman–Crippen LogP) is 6.46. The van der Waals surface area contributed by atoms with Crippen molar-refractivity contribution in [1.82, 2.24) is 4.90 Å². The fourth-order valence-electron chi connectivity index (χ4n) is 4.22. The molecule has 7 heteroatoms. The number of rotatable bonds is 8. The number of amides is 1. The van der Waals surface area contributed by atoms with Gasteiger partial charge < -0.3 is 9.47 Å². The van der Waals surface area contributed by atoms with Crippen molar-refractivity contribution in [1.29, 1.82) is 0 Å². The van der Waals surface area contributed by atoms with Crippen molar-refractivity contribution in [2.24, 2.45) is 5.41 Å². The molecule has 182 valence electrons. The van der Waals surface area contributed by atoms with E-state index in [2.05, 4.69) is 0 Å². The molecule has 4 rings (SSSR count). The molecule has 0 aromatic heterocycles. The number of hydrogen-bond donors (Lipinski definition) is 0. The van der Waals surface area contributed by atoms with Crippen LogP contribution in [-0.4, -0.2) is 30.0 Å². The van der Waals surface area contributed by atoms with Gasteiger partial charge in [0.15, 0.2) is 5.72 Å². The van der Waals surface area contributed by atoms with Crippen LogP contribution in [0.1, 0.15) is 47.8 Å². The second kappa shape index (κ2) is 10.0. The Morgan fingerprint density at radius 2 is 1.51 bits per heavy atom. The third-order valence-electron chi connectivity index (χ3n) is 5.98. The van der Waals surface area contributed by atoms with E-state index in [1.807, 2.05) is 62.4 Å². The van der Waals surface area contributed by atoms with Crippen LogP contribution in [0.15, 0.2) is 72.8 Å². The highest BCUT2D eigenvalue weighted by Gasteiger charge is 2.52. The Kier molecular flexibility index (Phi) is 7.22. The van der Waals surface area contributed by atoms with Crippen LogP contribution >= 0.6 is 23.2 Å². The third-order valence-corrected chi connectivity index (χ3v) is 6.48. The minimum atomic E-state index is -1.20. The van der Waals surface area contributed by atoms with Crippen LogP contribution in [0.3, 0.4) is 0 Å². The van der Waals surface area contributed by atoms with Crippen molar-refractivity contribution in [3.05, 3.63) is 105 Å². The molecule has 3 aromatic rings. The second-order valence-electron chi connectivity index (χ2n) is 9.45. The molecule has 0 bridgehead atoms. The van der Waals surface area contributed by atoms with Crippen molar-refractivity contribution < 1.29 is 19.1 Å². The zero-order chi connectivity index (χ0) is 25.2. The highest BCUT2D eigenvalue weighted by Crippen LogP contribution is 2.47. The van der Waals surface area contributed by atoms with Crippen LogP contribution in [0.5, 0.6) is 0 Å². The number of hydrogen-bond acceptors (Lipinski definition) is 4. The second-order valence-corrected chi connectivity index (χ2v) is 10.3. The molecule has 1 atom stereocenters. The summed E-state index contributed by atoms with van der Waals surface area (Å²) in [6.45, 7) is 6.01. The first-order chi connectivity index (χ1) is 16.6. The van der Waals surface area contributed by atoms with Gasteiger partial charge in [-0.05, 0) is 35.9 Å². The molecule has 3 aromatic carbocycles. The molecule has 1 aliphatic heterocycles. The van der Waals surface area contributed by atoms with Gasteiger partial charge in [-0.25, -0.2) is 0 Å². The number of esters is 1. The Labute approximate surface area is 215 Å². The fourth-order valence-corrected chi connectivity index (χ4v) is 4.47. The highest BCUT2D eigenvalue weighted by molar-refractivity contribution is 6.30. The van der Waals surface area contributed by atoms with Gasteiger partial charge in [-0.15, -0.1) is 0 Å². The zero-order valence-electron chi connectivity index (χ0n) is 19.9. The van der Waals surface area contributed by atoms with E-state index in [1.165, 1.54) is 6.92 Å². The van der Waals surface area contributed by atoms with Gasteiger partial charge in [0.1, 0.15) is 0 Å². The topological polar surface area (TPSA) is 55.8 Å². The lowest BCUT2D eigenvalue weighted by Gasteiger charge is -2.41. The summed E-state index contributed by atoms with van der Waals surface area (Å²) in [5, 5.41) is 1.21. The molecule has 0 aliphatic carbocycles. The number of benzene rings is 3. The quantitative estimate of drug-likeness (QED) is 0.325. The van der Waals surface area contributed by atoms with Crippen molar-refractivity contribution in [2.75, 3.05) is 13.2 Å². The van der Waals surface area contributed by atoms with Crippen molar-refractivity contribution in [3.63, 3.8) is 0 Å². The molecule has 0 saturated carbocycles. The van der Waals surface area contributed by atoms with E-state index in [1.54, 1.807) is 29.2 Å². The molecule has 0 radical (unpaired) electrons. The summed E-state index contributed by atoms with van der Waals surface area (Å²) < 4.78 is 12.0. The molecule has 0 N–H and O–H groups in total. The van der Waals surface area contributed by atoms with Crippen LogP contribution in [0.2, 0.25) is 10.0 Å². The summed E-state index contributed by atoms with van der Waals surface area (Å²) in [6, 6.07) is 22.2. The SMILES string of the molecule is CC(=O)OCC(C)(C)COC1(c2ccc(Cl)cc2)c2ccccc2C(=O)N1Cc1ccc(Cl)cc1. The van der Waals surface area contributed by atoms with Gasteiger partial charge in [0, 0.05) is 45.6 Å². The van der Waals surface area contributed by atoms with E-state index < -0.39 is 11.1 Å². The zero-order valence-corrected chi connectivity index (χ0v) is 21.4. The molecule has 1 heterocycles. The molecule has 0 spiro atoms. The lowest BCUT2D eigenvalue weighted by Crippen LogP contribution is -2.48. The van der Waals surface area contributed by atoms with Gasteiger partial charge in [0.05, 0.1) is 13.2 Å². The number of halogens is 2. The van der Waals surface area contributed by atoms with E-state index in [9.17, 15) is 9.59 Å². The van der Waals surface area contributed by atoms with E-state index in [-0.39, 0.29) is 25.1 Å². The third kappa shape index (κ3) is 5.22. The molecular weight excluding hydrogens is 485 g/mol. The lowest BCUT2D eigenvalue weighted by atomic mass is 9.91. The molecule has 5 nitrogen and oxygen atoms in total. The Morgan fingerprint density at radius 3 is 2.14 bits per heavy atom. The smallest absolute Gasteiger partial charge is 0.302 e. The maximum absolute atomic E-state index is 13.8. The number of fused-ring (bicyclic) bond motifs is 1. The predicted molar refractivity (Wildman–Crippen MR) is 136 cm³/mol. The minimum absolute atomic E-state index is 0.136. The van der Waals surface area contributed by atoms with Crippen LogP contribution in [0.4, 0.5) is 0 Å². The van der Waals surface area contributed by atoms with Crippen molar-refractivity contribution in [3.8, 4) is 0 Å². The van der Waals surface area contributed by atoms with E-state index in [4.69, 9.17) is 32.7 Å². The average Bonchev–Trinajstić information content (AvgIpc) is 3.07. The Bertz CT molecular complexity index is 1220. The first-order valence-corrected chi connectivity index (χ1v) is 12.1. The van der Waals surface area contributed by atoms with Gasteiger partial charge >= 0.3 is 5.97 Å². The molecule has 1 amide bonds. The van der Waals surface area contributed by atoms with Gasteiger partial charge in [0.2, 0.25) is 0 Å². The van der Waals surface area contributed by atoms with Crippen molar-refractivity contribution in [2.45, 2.75) is 33.0 Å². The number of carbonyl (C=O) groups is 2. The Morgan fingerprint density at radius 1 is 0.914 bits per heavy atom. The summed E-state index contributed by atoms with van der Waals surface area (Å²) in [7, 11) is 0. The Balaban J connectivity index is 1.83. The van der Waals surface area contributed by atoms with Crippen LogP contribution in [0, 0.1) is 5.41 Å². The maximum Gasteiger partial charge on any atom is 0.302 e. The average molecular weight is 512 g/mol. The first kappa shape index (κ1) is 25.2. The minimum Gasteiger partial charge on any atom is -0.465 e. The van der Waals surface area contributed by atoms with E-state index in [0.29, 0.717) is 22.2 Å². The summed E-state index contributed by atoms with van der Waals surface area (Å²) in [4.78, 5) is 26.9. The van der Waals surface area contributed by atoms with E-state index in [0.717, 1.165) is 16.7 Å². The summed E-state index contributed by atoms with van der Waals surface area (Å²) in [5.74, 6) is -0.487. The first-order valence-electron chi connectivity index (χ1n) is 11.3. The van der Waals surface area contributed by atoms with Gasteiger partial charge in [0.25, 0.3) is 5.91 Å². The molecule has 1 aliphatic rings. The van der Waals surface area contributed by atoms with Crippen LogP contribution < -0.4 is 0 Å². The standard InChI is InChI=1S/C28H27Cl2NO4/c1-19(32)34-17-27(2,3)18-35-28(21-10-14-23(30)15-11-21)25-7-5-4-6-24(25)26(33)31(28)16-20-8-12-22(29)13-9-20/h4-15H,16-18H2,1-3H3. The Hall–Kier alpha value is -2.86. The lowest BCUT2D eigenvalue weighted by molar-refractivity contribution is -0.155. The molecule has 0 fully saturated rings. The summed E-state index contributed by atoms with van der Waals surface area (Å²) >= 11 is 12.3. The number of carbonyl (C=O) groups excluding carboxylic acids is 2.